The van der Waals surface area contributed by atoms with Gasteiger partial charge in [0.15, 0.2) is 0 Å². The molecule has 5 heteroatoms. The molecule has 0 saturated carbocycles. The van der Waals surface area contributed by atoms with Gasteiger partial charge in [-0.15, -0.1) is 0 Å². The second-order valence-electron chi connectivity index (χ2n) is 9.96. The van der Waals surface area contributed by atoms with Crippen molar-refractivity contribution in [3.8, 4) is 11.5 Å². The summed E-state index contributed by atoms with van der Waals surface area (Å²) < 4.78 is 37.9. The maximum Gasteiger partial charge on any atom is 0.266 e. The molecule has 1 aromatic rings. The van der Waals surface area contributed by atoms with Crippen LogP contribution in [0.5, 0.6) is 11.5 Å². The van der Waals surface area contributed by atoms with Crippen molar-refractivity contribution in [3.05, 3.63) is 34.4 Å². The van der Waals surface area contributed by atoms with E-state index in [1.807, 2.05) is 6.92 Å². The van der Waals surface area contributed by atoms with E-state index in [0.29, 0.717) is 12.8 Å². The molecule has 0 N–H and O–H groups in total. The summed E-state index contributed by atoms with van der Waals surface area (Å²) in [7, 11) is -1.95. The summed E-state index contributed by atoms with van der Waals surface area (Å²) >= 11 is 0. The number of hydrogen-bond acceptors (Lipinski definition) is 2. The van der Waals surface area contributed by atoms with Crippen molar-refractivity contribution < 1.29 is 17.9 Å². The molecule has 2 rings (SSSR count). The highest BCUT2D eigenvalue weighted by Gasteiger charge is 2.41. The van der Waals surface area contributed by atoms with Crippen LogP contribution in [0.3, 0.4) is 0 Å². The maximum atomic E-state index is 12.4. The number of hydrogen-bond donors (Lipinski definition) is 0. The molecule has 2 nitrogen and oxygen atoms in total. The Kier molecular flexibility index (Phi) is 6.39. The minimum atomic E-state index is -1.95. The lowest BCUT2D eigenvalue weighted by molar-refractivity contribution is 0.0557. The van der Waals surface area contributed by atoms with E-state index in [1.54, 1.807) is 0 Å². The van der Waals surface area contributed by atoms with E-state index in [1.165, 1.54) is 11.1 Å². The third-order valence-electron chi connectivity index (χ3n) is 6.70. The average Bonchev–Trinajstić information content (AvgIpc) is 2.55. The molecular weight excluding hydrogens is 374 g/mol. The van der Waals surface area contributed by atoms with Crippen LogP contribution in [0.15, 0.2) is 12.2 Å². The van der Waals surface area contributed by atoms with Crippen LogP contribution in [-0.4, -0.2) is 13.9 Å². The van der Waals surface area contributed by atoms with Crippen LogP contribution in [0.4, 0.5) is 8.78 Å². The fraction of sp³-hybridized carbons (Fsp3) is 0.652. The molecule has 0 radical (unpaired) electrons. The van der Waals surface area contributed by atoms with Crippen LogP contribution in [-0.2, 0) is 6.42 Å². The molecule has 0 aliphatic carbocycles. The Morgan fingerprint density at radius 1 is 1.14 bits per heavy atom. The molecule has 1 atom stereocenters. The lowest BCUT2D eigenvalue weighted by atomic mass is 9.85. The maximum absolute atomic E-state index is 12.4. The third-order valence-corrected chi connectivity index (χ3v) is 11.0. The van der Waals surface area contributed by atoms with Gasteiger partial charge in [-0.25, -0.2) is 0 Å². The van der Waals surface area contributed by atoms with Crippen LogP contribution in [0.1, 0.15) is 69.2 Å². The first kappa shape index (κ1) is 22.9. The Labute approximate surface area is 170 Å². The van der Waals surface area contributed by atoms with Gasteiger partial charge in [-0.05, 0) is 94.3 Å². The highest BCUT2D eigenvalue weighted by Crippen LogP contribution is 2.47. The van der Waals surface area contributed by atoms with Crippen molar-refractivity contribution in [2.24, 2.45) is 0 Å². The molecule has 0 aromatic heterocycles. The van der Waals surface area contributed by atoms with E-state index >= 15 is 0 Å². The summed E-state index contributed by atoms with van der Waals surface area (Å²) in [6.45, 7) is 19.6. The summed E-state index contributed by atoms with van der Waals surface area (Å²) in [6, 6.07) is 0. The second kappa shape index (κ2) is 7.81. The van der Waals surface area contributed by atoms with Crippen LogP contribution in [0.25, 0.3) is 0 Å². The van der Waals surface area contributed by atoms with Gasteiger partial charge in [-0.2, -0.15) is 8.78 Å². The zero-order chi connectivity index (χ0) is 21.5. The van der Waals surface area contributed by atoms with Gasteiger partial charge in [0.25, 0.3) is 14.4 Å². The first-order valence-corrected chi connectivity index (χ1v) is 13.1. The van der Waals surface area contributed by atoms with Gasteiger partial charge in [-0.3, -0.25) is 0 Å². The van der Waals surface area contributed by atoms with Crippen LogP contribution >= 0.6 is 0 Å². The molecule has 28 heavy (non-hydrogen) atoms. The highest BCUT2D eigenvalue weighted by atomic mass is 28.4. The Morgan fingerprint density at radius 2 is 1.75 bits per heavy atom. The van der Waals surface area contributed by atoms with Crippen molar-refractivity contribution in [1.29, 1.82) is 0 Å². The summed E-state index contributed by atoms with van der Waals surface area (Å²) in [5.74, 6) is 1.94. The molecular formula is C23H36F2O2Si. The minimum absolute atomic E-state index is 0.129. The lowest BCUT2D eigenvalue weighted by Crippen LogP contribution is -2.44. The molecule has 1 unspecified atom stereocenters. The van der Waals surface area contributed by atoms with Crippen molar-refractivity contribution >= 4 is 8.32 Å². The Bertz CT molecular complexity index is 774. The zero-order valence-electron chi connectivity index (χ0n) is 19.0. The van der Waals surface area contributed by atoms with Gasteiger partial charge in [0.05, 0.1) is 0 Å². The summed E-state index contributed by atoms with van der Waals surface area (Å²) in [4.78, 5) is 0. The largest absolute Gasteiger partial charge is 0.543 e. The number of allylic oxidation sites excluding steroid dienone is 1. The number of rotatable bonds is 5. The fourth-order valence-electron chi connectivity index (χ4n) is 3.51. The third kappa shape index (κ3) is 4.61. The molecule has 1 aliphatic heterocycles. The SMILES string of the molecule is Cc1c(C)c2c(c(C)c1O[Si](C)(C)C(C)(C)C)CCC(C)(CCC=C(F)F)O2. The number of benzene rings is 1. The predicted molar refractivity (Wildman–Crippen MR) is 115 cm³/mol. The molecule has 1 aliphatic rings. The lowest BCUT2D eigenvalue weighted by Gasteiger charge is -2.41. The first-order valence-electron chi connectivity index (χ1n) is 10.2. The summed E-state index contributed by atoms with van der Waals surface area (Å²) in [5, 5.41) is 0.129. The van der Waals surface area contributed by atoms with Crippen LogP contribution in [0.2, 0.25) is 18.1 Å². The van der Waals surface area contributed by atoms with Crippen molar-refractivity contribution in [3.63, 3.8) is 0 Å². The van der Waals surface area contributed by atoms with Gasteiger partial charge in [-0.1, -0.05) is 20.8 Å². The quantitative estimate of drug-likeness (QED) is 0.464. The molecule has 0 spiro atoms. The first-order chi connectivity index (χ1) is 12.7. The van der Waals surface area contributed by atoms with Crippen LogP contribution < -0.4 is 9.16 Å². The predicted octanol–water partition coefficient (Wildman–Crippen LogP) is 7.64. The van der Waals surface area contributed by atoms with E-state index in [2.05, 4.69) is 54.6 Å². The molecule has 0 bridgehead atoms. The summed E-state index contributed by atoms with van der Waals surface area (Å²) in [5.41, 5.74) is 4.19. The average molecular weight is 411 g/mol. The van der Waals surface area contributed by atoms with Gasteiger partial charge in [0, 0.05) is 5.56 Å². The normalized spacial score (nSPS) is 19.7. The number of halogens is 2. The van der Waals surface area contributed by atoms with Crippen LogP contribution in [0, 0.1) is 20.8 Å². The Hall–Kier alpha value is -1.36. The van der Waals surface area contributed by atoms with Crippen molar-refractivity contribution in [2.45, 2.75) is 97.9 Å². The molecule has 1 heterocycles. The molecule has 158 valence electrons. The smallest absolute Gasteiger partial charge is 0.266 e. The second-order valence-corrected chi connectivity index (χ2v) is 14.7. The molecule has 0 fully saturated rings. The van der Waals surface area contributed by atoms with E-state index in [0.717, 1.165) is 41.5 Å². The van der Waals surface area contributed by atoms with Gasteiger partial charge < -0.3 is 9.16 Å². The standard InChI is InChI=1S/C23H36F2O2Si/c1-15-16(2)21-18(12-14-23(7,26-21)13-10-11-19(24)25)17(3)20(15)27-28(8,9)22(4,5)6/h11H,10,12-14H2,1-9H3. The minimum Gasteiger partial charge on any atom is -0.543 e. The van der Waals surface area contributed by atoms with Gasteiger partial charge in [0.1, 0.15) is 17.1 Å². The van der Waals surface area contributed by atoms with E-state index in [4.69, 9.17) is 9.16 Å². The van der Waals surface area contributed by atoms with Gasteiger partial charge >= 0.3 is 0 Å². The zero-order valence-corrected chi connectivity index (χ0v) is 20.0. The van der Waals surface area contributed by atoms with E-state index < -0.39 is 20.0 Å². The Balaban J connectivity index is 2.39. The molecule has 0 saturated heterocycles. The highest BCUT2D eigenvalue weighted by molar-refractivity contribution is 6.74. The van der Waals surface area contributed by atoms with E-state index in [9.17, 15) is 8.78 Å². The molecule has 1 aromatic carbocycles. The molecule has 0 amide bonds. The topological polar surface area (TPSA) is 18.5 Å². The number of fused-ring (bicyclic) bond motifs is 1. The fourth-order valence-corrected chi connectivity index (χ4v) is 4.63. The van der Waals surface area contributed by atoms with Crippen molar-refractivity contribution in [1.82, 2.24) is 0 Å². The number of ether oxygens (including phenoxy) is 1. The Morgan fingerprint density at radius 3 is 2.29 bits per heavy atom. The monoisotopic (exact) mass is 410 g/mol. The summed E-state index contributed by atoms with van der Waals surface area (Å²) in [6.07, 6.45) is 2.00. The van der Waals surface area contributed by atoms with Crippen molar-refractivity contribution in [2.75, 3.05) is 0 Å². The van der Waals surface area contributed by atoms with Gasteiger partial charge in [0.2, 0.25) is 0 Å². The van der Waals surface area contributed by atoms with E-state index in [-0.39, 0.29) is 5.04 Å².